The maximum Gasteiger partial charge on any atom is 0.231 e. The number of nitrogens with one attached hydrogen (secondary N) is 2. The molecule has 2 rings (SSSR count). The third-order valence-electron chi connectivity index (χ3n) is 3.92. The van der Waals surface area contributed by atoms with E-state index in [-0.39, 0.29) is 0 Å². The Balaban J connectivity index is 2.05. The second-order valence-corrected chi connectivity index (χ2v) is 5.76. The first kappa shape index (κ1) is 14.8. The molecule has 0 aromatic carbocycles. The Morgan fingerprint density at radius 1 is 1.10 bits per heavy atom. The molecule has 1 aliphatic carbocycles. The van der Waals surface area contributed by atoms with E-state index in [0.717, 1.165) is 24.9 Å². The second kappa shape index (κ2) is 6.72. The summed E-state index contributed by atoms with van der Waals surface area (Å²) in [5.74, 6) is 3.51. The lowest BCUT2D eigenvalue weighted by Gasteiger charge is -2.17. The lowest BCUT2D eigenvalue weighted by Crippen LogP contribution is -2.20. The molecule has 1 heterocycles. The fraction of sp³-hybridized carbons (Fsp3) is 0.786. The third-order valence-corrected chi connectivity index (χ3v) is 3.92. The fourth-order valence-corrected chi connectivity index (χ4v) is 2.63. The Kier molecular flexibility index (Phi) is 4.98. The van der Waals surface area contributed by atoms with Crippen LogP contribution in [-0.2, 0) is 0 Å². The molecule has 112 valence electrons. The van der Waals surface area contributed by atoms with Gasteiger partial charge in [0.1, 0.15) is 0 Å². The predicted octanol–water partition coefficient (Wildman–Crippen LogP) is 2.22. The number of nitrogens with zero attached hydrogens (tertiary/aromatic N) is 4. The fourth-order valence-electron chi connectivity index (χ4n) is 2.63. The van der Waals surface area contributed by atoms with Gasteiger partial charge in [-0.3, -0.25) is 0 Å². The van der Waals surface area contributed by atoms with Crippen molar-refractivity contribution in [1.82, 2.24) is 15.0 Å². The Morgan fingerprint density at radius 2 is 1.80 bits per heavy atom. The third kappa shape index (κ3) is 3.71. The SMILES string of the molecule is CCNc1nc(NCC2CCCC2C)nc(N(C)C)n1. The molecule has 1 fully saturated rings. The summed E-state index contributed by atoms with van der Waals surface area (Å²) in [7, 11) is 3.88. The topological polar surface area (TPSA) is 66.0 Å². The van der Waals surface area contributed by atoms with Crippen molar-refractivity contribution in [2.45, 2.75) is 33.1 Å². The number of rotatable bonds is 6. The van der Waals surface area contributed by atoms with Gasteiger partial charge in [0, 0.05) is 27.2 Å². The van der Waals surface area contributed by atoms with E-state index in [4.69, 9.17) is 0 Å². The highest BCUT2D eigenvalue weighted by molar-refractivity contribution is 5.42. The monoisotopic (exact) mass is 278 g/mol. The summed E-state index contributed by atoms with van der Waals surface area (Å²) in [5.41, 5.74) is 0. The molecular weight excluding hydrogens is 252 g/mol. The standard InChI is InChI=1S/C14H26N6/c1-5-15-12-17-13(19-14(18-12)20(3)4)16-9-11-8-6-7-10(11)2/h10-11H,5-9H2,1-4H3,(H2,15,16,17,18,19). The van der Waals surface area contributed by atoms with Crippen molar-refractivity contribution in [3.8, 4) is 0 Å². The van der Waals surface area contributed by atoms with Crippen LogP contribution in [0.1, 0.15) is 33.1 Å². The minimum absolute atomic E-state index is 0.633. The molecule has 2 atom stereocenters. The first-order valence-electron chi connectivity index (χ1n) is 7.51. The van der Waals surface area contributed by atoms with Crippen LogP contribution in [0.3, 0.4) is 0 Å². The molecule has 1 aliphatic rings. The number of hydrogen-bond donors (Lipinski definition) is 2. The number of aromatic nitrogens is 3. The van der Waals surface area contributed by atoms with Gasteiger partial charge in [-0.1, -0.05) is 19.8 Å². The quantitative estimate of drug-likeness (QED) is 0.832. The van der Waals surface area contributed by atoms with Crippen molar-refractivity contribution in [3.05, 3.63) is 0 Å². The molecule has 6 heteroatoms. The zero-order chi connectivity index (χ0) is 14.5. The zero-order valence-electron chi connectivity index (χ0n) is 13.0. The summed E-state index contributed by atoms with van der Waals surface area (Å²) in [6, 6.07) is 0. The van der Waals surface area contributed by atoms with E-state index < -0.39 is 0 Å². The van der Waals surface area contributed by atoms with Crippen LogP contribution in [0.5, 0.6) is 0 Å². The van der Waals surface area contributed by atoms with Crippen LogP contribution in [-0.4, -0.2) is 42.1 Å². The number of hydrogen-bond acceptors (Lipinski definition) is 6. The van der Waals surface area contributed by atoms with Crippen molar-refractivity contribution < 1.29 is 0 Å². The van der Waals surface area contributed by atoms with Crippen molar-refractivity contribution in [3.63, 3.8) is 0 Å². The van der Waals surface area contributed by atoms with Gasteiger partial charge in [-0.05, 0) is 25.2 Å². The number of anilines is 3. The average Bonchev–Trinajstić information content (AvgIpc) is 2.82. The first-order chi connectivity index (χ1) is 9.60. The van der Waals surface area contributed by atoms with E-state index in [2.05, 4.69) is 32.5 Å². The molecule has 1 aromatic rings. The Morgan fingerprint density at radius 3 is 2.35 bits per heavy atom. The highest BCUT2D eigenvalue weighted by Gasteiger charge is 2.23. The first-order valence-corrected chi connectivity index (χ1v) is 7.51. The molecule has 0 amide bonds. The summed E-state index contributed by atoms with van der Waals surface area (Å²) in [6.45, 7) is 6.12. The molecule has 2 N–H and O–H groups in total. The molecule has 0 bridgehead atoms. The minimum atomic E-state index is 0.633. The van der Waals surface area contributed by atoms with Crippen LogP contribution in [0, 0.1) is 11.8 Å². The molecule has 1 aromatic heterocycles. The van der Waals surface area contributed by atoms with Gasteiger partial charge in [-0.25, -0.2) is 0 Å². The predicted molar refractivity (Wildman–Crippen MR) is 83.3 cm³/mol. The van der Waals surface area contributed by atoms with Crippen LogP contribution in [0.4, 0.5) is 17.8 Å². The smallest absolute Gasteiger partial charge is 0.231 e. The van der Waals surface area contributed by atoms with Gasteiger partial charge in [-0.15, -0.1) is 0 Å². The van der Waals surface area contributed by atoms with E-state index in [1.807, 2.05) is 25.9 Å². The normalized spacial score (nSPS) is 21.8. The molecule has 20 heavy (non-hydrogen) atoms. The van der Waals surface area contributed by atoms with Gasteiger partial charge < -0.3 is 15.5 Å². The maximum absolute atomic E-state index is 4.45. The summed E-state index contributed by atoms with van der Waals surface area (Å²) in [4.78, 5) is 15.1. The highest BCUT2D eigenvalue weighted by atomic mass is 15.3. The average molecular weight is 278 g/mol. The van der Waals surface area contributed by atoms with Crippen LogP contribution in [0.25, 0.3) is 0 Å². The van der Waals surface area contributed by atoms with Gasteiger partial charge in [0.05, 0.1) is 0 Å². The Bertz CT molecular complexity index is 434. The maximum atomic E-state index is 4.45. The largest absolute Gasteiger partial charge is 0.354 e. The van der Waals surface area contributed by atoms with E-state index in [0.29, 0.717) is 17.8 Å². The van der Waals surface area contributed by atoms with Gasteiger partial charge >= 0.3 is 0 Å². The molecule has 0 saturated heterocycles. The summed E-state index contributed by atoms with van der Waals surface area (Å²) < 4.78 is 0. The molecule has 1 saturated carbocycles. The van der Waals surface area contributed by atoms with E-state index in [1.165, 1.54) is 19.3 Å². The van der Waals surface area contributed by atoms with Crippen LogP contribution < -0.4 is 15.5 Å². The van der Waals surface area contributed by atoms with E-state index in [1.54, 1.807) is 0 Å². The van der Waals surface area contributed by atoms with Crippen molar-refractivity contribution in [2.75, 3.05) is 42.7 Å². The Hall–Kier alpha value is -1.59. The minimum Gasteiger partial charge on any atom is -0.354 e. The van der Waals surface area contributed by atoms with Crippen molar-refractivity contribution in [1.29, 1.82) is 0 Å². The summed E-state index contributed by atoms with van der Waals surface area (Å²) >= 11 is 0. The second-order valence-electron chi connectivity index (χ2n) is 5.76. The van der Waals surface area contributed by atoms with E-state index in [9.17, 15) is 0 Å². The van der Waals surface area contributed by atoms with Gasteiger partial charge in [0.25, 0.3) is 0 Å². The van der Waals surface area contributed by atoms with Crippen molar-refractivity contribution >= 4 is 17.8 Å². The molecule has 0 radical (unpaired) electrons. The molecule has 0 spiro atoms. The van der Waals surface area contributed by atoms with Crippen LogP contribution in [0.2, 0.25) is 0 Å². The molecule has 2 unspecified atom stereocenters. The Labute approximate surface area is 121 Å². The summed E-state index contributed by atoms with van der Waals surface area (Å²) in [5, 5.41) is 6.53. The van der Waals surface area contributed by atoms with Gasteiger partial charge in [-0.2, -0.15) is 15.0 Å². The molecule has 6 nitrogen and oxygen atoms in total. The van der Waals surface area contributed by atoms with Crippen LogP contribution >= 0.6 is 0 Å². The highest BCUT2D eigenvalue weighted by Crippen LogP contribution is 2.31. The lowest BCUT2D eigenvalue weighted by molar-refractivity contribution is 0.439. The zero-order valence-corrected chi connectivity index (χ0v) is 13.0. The lowest BCUT2D eigenvalue weighted by atomic mass is 9.98. The van der Waals surface area contributed by atoms with Gasteiger partial charge in [0.15, 0.2) is 0 Å². The molecular formula is C14H26N6. The van der Waals surface area contributed by atoms with Crippen molar-refractivity contribution in [2.24, 2.45) is 11.8 Å². The molecule has 0 aliphatic heterocycles. The summed E-state index contributed by atoms with van der Waals surface area (Å²) in [6.07, 6.45) is 3.99. The van der Waals surface area contributed by atoms with Crippen LogP contribution in [0.15, 0.2) is 0 Å². The van der Waals surface area contributed by atoms with E-state index >= 15 is 0 Å². The van der Waals surface area contributed by atoms with Gasteiger partial charge in [0.2, 0.25) is 17.8 Å².